The lowest BCUT2D eigenvalue weighted by Crippen LogP contribution is -2.08. The molecule has 0 aliphatic rings. The minimum absolute atomic E-state index is 0.195. The first kappa shape index (κ1) is 17.0. The van der Waals surface area contributed by atoms with Crippen molar-refractivity contribution in [2.24, 2.45) is 0 Å². The molecule has 0 aliphatic carbocycles. The topological polar surface area (TPSA) is 63.1 Å². The van der Waals surface area contributed by atoms with E-state index in [9.17, 15) is 18.7 Å². The number of aryl methyl sites for hydroxylation is 1. The number of aromatic carboxylic acids is 1. The van der Waals surface area contributed by atoms with Crippen molar-refractivity contribution < 1.29 is 18.7 Å². The monoisotopic (exact) mass is 342 g/mol. The Morgan fingerprint density at radius 1 is 1.16 bits per heavy atom. The van der Waals surface area contributed by atoms with Crippen LogP contribution < -0.4 is 0 Å². The lowest BCUT2D eigenvalue weighted by Gasteiger charge is -2.13. The zero-order valence-corrected chi connectivity index (χ0v) is 13.7. The molecule has 2 aromatic carbocycles. The quantitative estimate of drug-likeness (QED) is 0.748. The fourth-order valence-electron chi connectivity index (χ4n) is 2.80. The van der Waals surface area contributed by atoms with Crippen LogP contribution in [0.4, 0.5) is 8.78 Å². The molecule has 0 saturated carbocycles. The number of benzene rings is 2. The van der Waals surface area contributed by atoms with E-state index in [2.05, 4.69) is 10.2 Å². The molecule has 1 N–H and O–H groups in total. The maximum atomic E-state index is 13.0. The Morgan fingerprint density at radius 3 is 2.60 bits per heavy atom. The Bertz CT molecular complexity index is 957. The summed E-state index contributed by atoms with van der Waals surface area (Å²) in [6.45, 7) is 3.31. The molecule has 0 spiro atoms. The summed E-state index contributed by atoms with van der Waals surface area (Å²) in [6.07, 6.45) is -0.995. The van der Waals surface area contributed by atoms with Gasteiger partial charge in [-0.25, -0.2) is 13.6 Å². The highest BCUT2D eigenvalue weighted by atomic mass is 19.3. The first-order valence-corrected chi connectivity index (χ1v) is 7.76. The van der Waals surface area contributed by atoms with Crippen molar-refractivity contribution in [1.29, 1.82) is 0 Å². The lowest BCUT2D eigenvalue weighted by molar-refractivity contribution is 0.0697. The normalized spacial score (nSPS) is 12.5. The number of carboxylic acid groups (broad SMARTS) is 1. The summed E-state index contributed by atoms with van der Waals surface area (Å²) in [6, 6.07) is 10.3. The molecule has 3 aromatic rings. The number of nitrogens with zero attached hydrogens (tertiary/aromatic N) is 2. The molecule has 3 rings (SSSR count). The molecule has 6 heteroatoms. The Balaban J connectivity index is 2.15. The highest BCUT2D eigenvalue weighted by Crippen LogP contribution is 2.31. The largest absolute Gasteiger partial charge is 0.478 e. The van der Waals surface area contributed by atoms with E-state index in [1.165, 1.54) is 13.1 Å². The van der Waals surface area contributed by atoms with Gasteiger partial charge in [0.25, 0.3) is 0 Å². The van der Waals surface area contributed by atoms with Crippen LogP contribution in [-0.2, 0) is 0 Å². The minimum atomic E-state index is -2.52. The molecule has 0 aliphatic heterocycles. The van der Waals surface area contributed by atoms with Crippen LogP contribution in [0.5, 0.6) is 0 Å². The van der Waals surface area contributed by atoms with Gasteiger partial charge in [-0.3, -0.25) is 0 Å². The number of carbonyl (C=O) groups is 1. The van der Waals surface area contributed by atoms with Crippen molar-refractivity contribution in [1.82, 2.24) is 10.2 Å². The van der Waals surface area contributed by atoms with Gasteiger partial charge in [-0.1, -0.05) is 25.1 Å². The summed E-state index contributed by atoms with van der Waals surface area (Å²) < 4.78 is 26.1. The summed E-state index contributed by atoms with van der Waals surface area (Å²) >= 11 is 0. The maximum Gasteiger partial charge on any atom is 0.335 e. The Morgan fingerprint density at radius 2 is 1.92 bits per heavy atom. The standard InChI is InChI=1S/C19H16F2N2O2/c1-10-3-4-13(19(24)25)8-16(10)12-5-6-15-14(7-12)9-22-23-17(15)11(2)18(20)21/h3-9,11,18H,1-2H3,(H,24,25). The number of carboxylic acids is 1. The van der Waals surface area contributed by atoms with Gasteiger partial charge in [0.05, 0.1) is 23.4 Å². The average molecular weight is 342 g/mol. The third-order valence-corrected chi connectivity index (χ3v) is 4.29. The third kappa shape index (κ3) is 3.20. The summed E-state index contributed by atoms with van der Waals surface area (Å²) in [5, 5.41) is 18.2. The highest BCUT2D eigenvalue weighted by Gasteiger charge is 2.21. The van der Waals surface area contributed by atoms with Crippen LogP contribution in [0.25, 0.3) is 21.9 Å². The summed E-state index contributed by atoms with van der Waals surface area (Å²) in [5.41, 5.74) is 2.96. The second-order valence-corrected chi connectivity index (χ2v) is 5.99. The molecular weight excluding hydrogens is 326 g/mol. The minimum Gasteiger partial charge on any atom is -0.478 e. The van der Waals surface area contributed by atoms with E-state index >= 15 is 0 Å². The number of aromatic nitrogens is 2. The molecule has 0 bridgehead atoms. The number of alkyl halides is 2. The average Bonchev–Trinajstić information content (AvgIpc) is 2.60. The summed E-state index contributed by atoms with van der Waals surface area (Å²) in [7, 11) is 0. The van der Waals surface area contributed by atoms with Gasteiger partial charge < -0.3 is 5.11 Å². The van der Waals surface area contributed by atoms with Crippen molar-refractivity contribution in [3.05, 3.63) is 59.4 Å². The molecule has 1 aromatic heterocycles. The molecule has 128 valence electrons. The van der Waals surface area contributed by atoms with Gasteiger partial charge in [0.15, 0.2) is 0 Å². The zero-order chi connectivity index (χ0) is 18.1. The van der Waals surface area contributed by atoms with Gasteiger partial charge in [-0.2, -0.15) is 10.2 Å². The summed E-state index contributed by atoms with van der Waals surface area (Å²) in [4.78, 5) is 11.2. The molecule has 0 saturated heterocycles. The Hall–Kier alpha value is -2.89. The number of halogens is 2. The third-order valence-electron chi connectivity index (χ3n) is 4.29. The Labute approximate surface area is 143 Å². The number of rotatable bonds is 4. The van der Waals surface area contributed by atoms with E-state index in [-0.39, 0.29) is 11.3 Å². The van der Waals surface area contributed by atoms with Crippen molar-refractivity contribution in [3.8, 4) is 11.1 Å². The van der Waals surface area contributed by atoms with Crippen molar-refractivity contribution in [3.63, 3.8) is 0 Å². The number of hydrogen-bond acceptors (Lipinski definition) is 3. The fourth-order valence-corrected chi connectivity index (χ4v) is 2.80. The first-order valence-electron chi connectivity index (χ1n) is 7.76. The highest BCUT2D eigenvalue weighted by molar-refractivity contribution is 5.92. The van der Waals surface area contributed by atoms with Gasteiger partial charge in [-0.15, -0.1) is 0 Å². The molecule has 0 radical (unpaired) electrons. The van der Waals surface area contributed by atoms with E-state index in [4.69, 9.17) is 0 Å². The van der Waals surface area contributed by atoms with Crippen LogP contribution in [0.15, 0.2) is 42.6 Å². The van der Waals surface area contributed by atoms with Gasteiger partial charge in [0.2, 0.25) is 6.43 Å². The molecule has 25 heavy (non-hydrogen) atoms. The number of hydrogen-bond donors (Lipinski definition) is 1. The van der Waals surface area contributed by atoms with Gasteiger partial charge >= 0.3 is 5.97 Å². The summed E-state index contributed by atoms with van der Waals surface area (Å²) in [5.74, 6) is -2.01. The predicted molar refractivity (Wildman–Crippen MR) is 91.1 cm³/mol. The molecular formula is C19H16F2N2O2. The van der Waals surface area contributed by atoms with Gasteiger partial charge in [0.1, 0.15) is 0 Å². The SMILES string of the molecule is Cc1ccc(C(=O)O)cc1-c1ccc2c(C(C)C(F)F)nncc2c1. The van der Waals surface area contributed by atoms with Crippen molar-refractivity contribution >= 4 is 16.7 Å². The number of fused-ring (bicyclic) bond motifs is 1. The van der Waals surface area contributed by atoms with E-state index in [0.717, 1.165) is 16.7 Å². The predicted octanol–water partition coefficient (Wildman–Crippen LogP) is 4.67. The second kappa shape index (κ2) is 6.55. The molecule has 1 atom stereocenters. The zero-order valence-electron chi connectivity index (χ0n) is 13.7. The van der Waals surface area contributed by atoms with Crippen LogP contribution in [0.3, 0.4) is 0 Å². The lowest BCUT2D eigenvalue weighted by atomic mass is 9.95. The van der Waals surface area contributed by atoms with Gasteiger partial charge in [-0.05, 0) is 41.8 Å². The van der Waals surface area contributed by atoms with Crippen LogP contribution >= 0.6 is 0 Å². The molecule has 1 unspecified atom stereocenters. The van der Waals surface area contributed by atoms with E-state index < -0.39 is 18.3 Å². The second-order valence-electron chi connectivity index (χ2n) is 5.99. The van der Waals surface area contributed by atoms with Crippen LogP contribution in [0.1, 0.15) is 34.5 Å². The van der Waals surface area contributed by atoms with Gasteiger partial charge in [0, 0.05) is 10.8 Å². The smallest absolute Gasteiger partial charge is 0.335 e. The van der Waals surface area contributed by atoms with E-state index in [0.29, 0.717) is 10.8 Å². The fraction of sp³-hybridized carbons (Fsp3) is 0.211. The molecule has 4 nitrogen and oxygen atoms in total. The van der Waals surface area contributed by atoms with Crippen LogP contribution in [0.2, 0.25) is 0 Å². The van der Waals surface area contributed by atoms with Crippen molar-refractivity contribution in [2.75, 3.05) is 0 Å². The molecule has 0 fully saturated rings. The van der Waals surface area contributed by atoms with Crippen LogP contribution in [-0.4, -0.2) is 27.7 Å². The van der Waals surface area contributed by atoms with Crippen LogP contribution in [0, 0.1) is 6.92 Å². The Kier molecular flexibility index (Phi) is 4.44. The van der Waals surface area contributed by atoms with Crippen molar-refractivity contribution in [2.45, 2.75) is 26.2 Å². The van der Waals surface area contributed by atoms with E-state index in [1.807, 2.05) is 13.0 Å². The first-order chi connectivity index (χ1) is 11.9. The molecule has 0 amide bonds. The van der Waals surface area contributed by atoms with E-state index in [1.54, 1.807) is 30.3 Å². The maximum absolute atomic E-state index is 13.0. The molecule has 1 heterocycles.